The molecule has 0 bridgehead atoms. The quantitative estimate of drug-likeness (QED) is 0.396. The van der Waals surface area contributed by atoms with E-state index in [1.165, 1.54) is 0 Å². The van der Waals surface area contributed by atoms with Crippen molar-refractivity contribution in [3.63, 3.8) is 0 Å². The number of pyridine rings is 1. The number of hydrogen-bond acceptors (Lipinski definition) is 10. The van der Waals surface area contributed by atoms with Crippen molar-refractivity contribution in [2.24, 2.45) is 4.99 Å². The van der Waals surface area contributed by atoms with Gasteiger partial charge in [-0.05, 0) is 64.3 Å². The minimum atomic E-state index is -0.271. The van der Waals surface area contributed by atoms with Crippen molar-refractivity contribution in [3.8, 4) is 11.1 Å². The molecule has 0 saturated carbocycles. The van der Waals surface area contributed by atoms with E-state index in [0.29, 0.717) is 39.6 Å². The van der Waals surface area contributed by atoms with Crippen molar-refractivity contribution in [1.29, 1.82) is 0 Å². The molecule has 2 atom stereocenters. The van der Waals surface area contributed by atoms with Gasteiger partial charge in [0.05, 0.1) is 6.04 Å². The molecule has 222 valence electrons. The second kappa shape index (κ2) is 11.9. The number of halogens is 1. The van der Waals surface area contributed by atoms with Crippen LogP contribution in [0.1, 0.15) is 50.6 Å². The van der Waals surface area contributed by atoms with Gasteiger partial charge in [-0.25, -0.2) is 20.3 Å². The van der Waals surface area contributed by atoms with Crippen LogP contribution >= 0.6 is 11.6 Å². The number of aromatic nitrogens is 3. The van der Waals surface area contributed by atoms with Crippen molar-refractivity contribution in [2.75, 3.05) is 44.7 Å². The van der Waals surface area contributed by atoms with E-state index in [1.807, 2.05) is 42.0 Å². The molecule has 6 heterocycles. The number of hydrogen-bond donors (Lipinski definition) is 3. The number of fused-ring (bicyclic) bond motifs is 1. The van der Waals surface area contributed by atoms with Crippen molar-refractivity contribution >= 4 is 34.4 Å². The van der Waals surface area contributed by atoms with Gasteiger partial charge in [-0.2, -0.15) is 4.98 Å². The van der Waals surface area contributed by atoms with Crippen LogP contribution in [0.25, 0.3) is 22.2 Å². The van der Waals surface area contributed by atoms with E-state index >= 15 is 0 Å². The normalized spacial score (nSPS) is 24.2. The fourth-order valence-electron chi connectivity index (χ4n) is 6.62. The Morgan fingerprint density at radius 2 is 1.88 bits per heavy atom. The SMILES string of the molecule is CC1N=C(c2ccc(-c3cc4cnc(NC5CCOCC5)nc4n(C4CCN(C5CCNCC5)C4)c3=O)c(Cl)c2)NO1. The largest absolute Gasteiger partial charge is 0.381 e. The Balaban J connectivity index is 1.28. The molecule has 2 unspecified atom stereocenters. The predicted octanol–water partition coefficient (Wildman–Crippen LogP) is 3.33. The number of amidine groups is 1. The summed E-state index contributed by atoms with van der Waals surface area (Å²) < 4.78 is 7.42. The predicted molar refractivity (Wildman–Crippen MR) is 163 cm³/mol. The van der Waals surface area contributed by atoms with E-state index in [1.54, 1.807) is 0 Å². The molecule has 1 aromatic carbocycles. The summed E-state index contributed by atoms with van der Waals surface area (Å²) >= 11 is 6.83. The number of rotatable bonds is 6. The van der Waals surface area contributed by atoms with Gasteiger partial charge in [0.25, 0.3) is 5.56 Å². The van der Waals surface area contributed by atoms with Gasteiger partial charge < -0.3 is 15.4 Å². The van der Waals surface area contributed by atoms with Crippen LogP contribution in [0.5, 0.6) is 0 Å². The molecule has 12 heteroatoms. The van der Waals surface area contributed by atoms with Crippen LogP contribution in [0.15, 0.2) is 40.2 Å². The van der Waals surface area contributed by atoms with E-state index in [4.69, 9.17) is 26.2 Å². The highest BCUT2D eigenvalue weighted by atomic mass is 35.5. The minimum absolute atomic E-state index is 0.00870. The molecule has 3 saturated heterocycles. The van der Waals surface area contributed by atoms with Gasteiger partial charge in [0.1, 0.15) is 5.65 Å². The number of piperidine rings is 1. The lowest BCUT2D eigenvalue weighted by atomic mass is 10.0. The number of anilines is 1. The smallest absolute Gasteiger partial charge is 0.260 e. The first-order valence-corrected chi connectivity index (χ1v) is 15.4. The Labute approximate surface area is 249 Å². The molecule has 0 aliphatic carbocycles. The minimum Gasteiger partial charge on any atom is -0.381 e. The van der Waals surface area contributed by atoms with Crippen molar-refractivity contribution < 1.29 is 9.57 Å². The third-order valence-electron chi connectivity index (χ3n) is 8.88. The number of ether oxygens (including phenoxy) is 1. The summed E-state index contributed by atoms with van der Waals surface area (Å²) in [6.07, 6.45) is 6.52. The van der Waals surface area contributed by atoms with Gasteiger partial charge in [0.2, 0.25) is 5.95 Å². The molecule has 4 aliphatic heterocycles. The highest BCUT2D eigenvalue weighted by Gasteiger charge is 2.32. The topological polar surface area (TPSA) is 118 Å². The molecular formula is C30H37ClN8O3. The Kier molecular flexibility index (Phi) is 7.85. The second-order valence-electron chi connectivity index (χ2n) is 11.6. The molecule has 3 N–H and O–H groups in total. The molecule has 4 aliphatic rings. The highest BCUT2D eigenvalue weighted by Crippen LogP contribution is 2.32. The van der Waals surface area contributed by atoms with Gasteiger partial charge in [-0.3, -0.25) is 14.3 Å². The number of likely N-dealkylation sites (tertiary alicyclic amines) is 1. The maximum absolute atomic E-state index is 14.4. The molecule has 0 radical (unpaired) electrons. The summed E-state index contributed by atoms with van der Waals surface area (Å²) in [6, 6.07) is 8.30. The fourth-order valence-corrected chi connectivity index (χ4v) is 6.90. The second-order valence-corrected chi connectivity index (χ2v) is 12.1. The van der Waals surface area contributed by atoms with Crippen LogP contribution in [0.4, 0.5) is 5.95 Å². The lowest BCUT2D eigenvalue weighted by molar-refractivity contribution is 0.0504. The summed E-state index contributed by atoms with van der Waals surface area (Å²) in [5, 5.41) is 8.23. The number of nitrogens with one attached hydrogen (secondary N) is 3. The van der Waals surface area contributed by atoms with Gasteiger partial charge in [0.15, 0.2) is 12.1 Å². The maximum Gasteiger partial charge on any atom is 0.260 e. The van der Waals surface area contributed by atoms with Gasteiger partial charge >= 0.3 is 0 Å². The Hall–Kier alpha value is -3.09. The third kappa shape index (κ3) is 5.51. The standard InChI is InChI=1S/C30H37ClN8O3/c1-18-34-27(37-42-18)19-2-3-24(26(31)15-19)25-14-20-16-33-30(35-21-7-12-41-13-8-21)36-28(20)39(29(25)40)23-6-11-38(17-23)22-4-9-32-10-5-22/h2-3,14-16,18,21-23,32H,4-13,17H2,1H3,(H,34,37)(H,33,35,36). The van der Waals surface area contributed by atoms with Gasteiger partial charge in [-0.1, -0.05) is 23.7 Å². The van der Waals surface area contributed by atoms with Gasteiger partial charge in [0, 0.05) is 71.7 Å². The van der Waals surface area contributed by atoms with Crippen LogP contribution in [-0.2, 0) is 9.57 Å². The molecule has 0 spiro atoms. The maximum atomic E-state index is 14.4. The molecule has 11 nitrogen and oxygen atoms in total. The first kappa shape index (κ1) is 27.7. The van der Waals surface area contributed by atoms with Crippen molar-refractivity contribution in [3.05, 3.63) is 51.4 Å². The molecule has 42 heavy (non-hydrogen) atoms. The Morgan fingerprint density at radius 3 is 2.64 bits per heavy atom. The van der Waals surface area contributed by atoms with Crippen LogP contribution < -0.4 is 21.7 Å². The monoisotopic (exact) mass is 592 g/mol. The van der Waals surface area contributed by atoms with Crippen LogP contribution in [0.2, 0.25) is 5.02 Å². The van der Waals surface area contributed by atoms with E-state index in [9.17, 15) is 4.79 Å². The summed E-state index contributed by atoms with van der Waals surface area (Å²) in [5.74, 6) is 1.17. The molecule has 2 aromatic heterocycles. The zero-order chi connectivity index (χ0) is 28.6. The number of benzene rings is 1. The van der Waals surface area contributed by atoms with Crippen LogP contribution in [0.3, 0.4) is 0 Å². The van der Waals surface area contributed by atoms with Crippen LogP contribution in [-0.4, -0.2) is 83.0 Å². The van der Waals surface area contributed by atoms with E-state index in [-0.39, 0.29) is 23.9 Å². The Bertz CT molecular complexity index is 1550. The molecule has 0 amide bonds. The molecule has 7 rings (SSSR count). The van der Waals surface area contributed by atoms with Gasteiger partial charge in [-0.15, -0.1) is 0 Å². The summed E-state index contributed by atoms with van der Waals surface area (Å²) in [7, 11) is 0. The Morgan fingerprint density at radius 1 is 1.05 bits per heavy atom. The first-order valence-electron chi connectivity index (χ1n) is 15.0. The average molecular weight is 593 g/mol. The number of nitrogens with zero attached hydrogens (tertiary/aromatic N) is 5. The molecule has 3 aromatic rings. The summed E-state index contributed by atoms with van der Waals surface area (Å²) in [6.45, 7) is 7.19. The lowest BCUT2D eigenvalue weighted by Gasteiger charge is -2.31. The third-order valence-corrected chi connectivity index (χ3v) is 9.20. The zero-order valence-electron chi connectivity index (χ0n) is 23.8. The van der Waals surface area contributed by atoms with E-state index in [2.05, 4.69) is 31.0 Å². The summed E-state index contributed by atoms with van der Waals surface area (Å²) in [5.41, 5.74) is 5.43. The first-order chi connectivity index (χ1) is 20.5. The zero-order valence-corrected chi connectivity index (χ0v) is 24.6. The average Bonchev–Trinajstić information content (AvgIpc) is 3.68. The summed E-state index contributed by atoms with van der Waals surface area (Å²) in [4.78, 5) is 36.3. The highest BCUT2D eigenvalue weighted by molar-refractivity contribution is 6.33. The van der Waals surface area contributed by atoms with E-state index in [0.717, 1.165) is 82.4 Å². The van der Waals surface area contributed by atoms with Crippen LogP contribution in [0, 0.1) is 0 Å². The fraction of sp³-hybridized carbons (Fsp3) is 0.533. The number of aliphatic imine (C=N–C) groups is 1. The molecular weight excluding hydrogens is 556 g/mol. The van der Waals surface area contributed by atoms with E-state index < -0.39 is 0 Å². The lowest BCUT2D eigenvalue weighted by Crippen LogP contribution is -2.42. The van der Waals surface area contributed by atoms with Crippen molar-refractivity contribution in [2.45, 2.75) is 63.4 Å². The molecule has 3 fully saturated rings. The van der Waals surface area contributed by atoms with Crippen molar-refractivity contribution in [1.82, 2.24) is 30.2 Å². The number of hydroxylamine groups is 1.